The van der Waals surface area contributed by atoms with Gasteiger partial charge in [0, 0.05) is 0 Å². The predicted molar refractivity (Wildman–Crippen MR) is 53.1 cm³/mol. The van der Waals surface area contributed by atoms with Gasteiger partial charge in [-0.25, -0.2) is 8.78 Å². The van der Waals surface area contributed by atoms with E-state index in [1.165, 1.54) is 12.1 Å². The second-order valence-electron chi connectivity index (χ2n) is 3.44. The van der Waals surface area contributed by atoms with Gasteiger partial charge >= 0.3 is 0 Å². The molecule has 0 bridgehead atoms. The number of unbranched alkanes of at least 4 members (excludes halogenated alkanes) is 1. The fourth-order valence-electron chi connectivity index (χ4n) is 1.42. The number of nitrogens with two attached hydrogens (primary N) is 1. The van der Waals surface area contributed by atoms with Crippen LogP contribution < -0.4 is 5.73 Å². The van der Waals surface area contributed by atoms with Crippen molar-refractivity contribution in [1.29, 1.82) is 0 Å². The molecule has 0 spiro atoms. The van der Waals surface area contributed by atoms with E-state index in [0.29, 0.717) is 6.54 Å². The Kier molecular flexibility index (Phi) is 4.01. The van der Waals surface area contributed by atoms with Crippen LogP contribution in [0.2, 0.25) is 0 Å². The first-order valence-electron chi connectivity index (χ1n) is 4.79. The third kappa shape index (κ3) is 2.77. The fraction of sp³-hybridized carbons (Fsp3) is 0.455. The molecule has 0 aromatic heterocycles. The van der Waals surface area contributed by atoms with Crippen molar-refractivity contribution in [2.45, 2.75) is 26.2 Å². The van der Waals surface area contributed by atoms with Crippen LogP contribution in [0.4, 0.5) is 8.78 Å². The quantitative estimate of drug-likeness (QED) is 0.741. The zero-order valence-corrected chi connectivity index (χ0v) is 8.32. The van der Waals surface area contributed by atoms with E-state index in [2.05, 4.69) is 0 Å². The molecular formula is C11H15F2N. The van der Waals surface area contributed by atoms with E-state index in [1.54, 1.807) is 6.92 Å². The summed E-state index contributed by atoms with van der Waals surface area (Å²) >= 11 is 0. The van der Waals surface area contributed by atoms with Gasteiger partial charge in [0.1, 0.15) is 0 Å². The minimum absolute atomic E-state index is 0.642. The standard InChI is InChI=1S/C11H15F2N/c1-8-6-10(12)11(13)7-9(8)4-2-3-5-14/h6-7H,2-5,14H2,1H3. The van der Waals surface area contributed by atoms with Gasteiger partial charge in [0.15, 0.2) is 11.6 Å². The van der Waals surface area contributed by atoms with Gasteiger partial charge in [-0.05, 0) is 56.0 Å². The number of hydrogen-bond acceptors (Lipinski definition) is 1. The van der Waals surface area contributed by atoms with Crippen LogP contribution >= 0.6 is 0 Å². The molecule has 0 amide bonds. The average Bonchev–Trinajstić information content (AvgIpc) is 2.14. The molecule has 1 aromatic rings. The molecule has 0 aliphatic heterocycles. The molecule has 0 fully saturated rings. The summed E-state index contributed by atoms with van der Waals surface area (Å²) in [6, 6.07) is 2.52. The summed E-state index contributed by atoms with van der Waals surface area (Å²) < 4.78 is 25.6. The maximum Gasteiger partial charge on any atom is 0.159 e. The molecule has 3 heteroatoms. The Morgan fingerprint density at radius 2 is 1.79 bits per heavy atom. The molecule has 14 heavy (non-hydrogen) atoms. The smallest absolute Gasteiger partial charge is 0.159 e. The third-order valence-electron chi connectivity index (χ3n) is 2.28. The van der Waals surface area contributed by atoms with Gasteiger partial charge in [-0.15, -0.1) is 0 Å². The summed E-state index contributed by atoms with van der Waals surface area (Å²) in [4.78, 5) is 0. The molecule has 0 saturated heterocycles. The van der Waals surface area contributed by atoms with E-state index in [4.69, 9.17) is 5.73 Å². The van der Waals surface area contributed by atoms with Gasteiger partial charge < -0.3 is 5.73 Å². The first-order chi connectivity index (χ1) is 6.65. The highest BCUT2D eigenvalue weighted by molar-refractivity contribution is 5.27. The topological polar surface area (TPSA) is 26.0 Å². The Balaban J connectivity index is 2.72. The molecule has 0 radical (unpaired) electrons. The van der Waals surface area contributed by atoms with Gasteiger partial charge in [0.25, 0.3) is 0 Å². The monoisotopic (exact) mass is 199 g/mol. The minimum Gasteiger partial charge on any atom is -0.330 e. The van der Waals surface area contributed by atoms with E-state index in [1.807, 2.05) is 0 Å². The molecule has 0 aliphatic rings. The lowest BCUT2D eigenvalue weighted by atomic mass is 10.0. The molecule has 0 atom stereocenters. The molecule has 2 N–H and O–H groups in total. The Morgan fingerprint density at radius 3 is 2.43 bits per heavy atom. The van der Waals surface area contributed by atoms with Gasteiger partial charge in [0.05, 0.1) is 0 Å². The van der Waals surface area contributed by atoms with Crippen molar-refractivity contribution in [2.75, 3.05) is 6.54 Å². The predicted octanol–water partition coefficient (Wildman–Crippen LogP) is 2.55. The zero-order chi connectivity index (χ0) is 10.6. The molecule has 0 saturated carbocycles. The summed E-state index contributed by atoms with van der Waals surface area (Å²) in [5, 5.41) is 0. The number of rotatable bonds is 4. The zero-order valence-electron chi connectivity index (χ0n) is 8.32. The highest BCUT2D eigenvalue weighted by Crippen LogP contribution is 2.16. The third-order valence-corrected chi connectivity index (χ3v) is 2.28. The summed E-state index contributed by atoms with van der Waals surface area (Å²) in [6.45, 7) is 2.43. The van der Waals surface area contributed by atoms with Crippen LogP contribution in [0.5, 0.6) is 0 Å². The van der Waals surface area contributed by atoms with Crippen LogP contribution in [0.1, 0.15) is 24.0 Å². The molecule has 1 aromatic carbocycles. The largest absolute Gasteiger partial charge is 0.330 e. The summed E-state index contributed by atoms with van der Waals surface area (Å²) in [7, 11) is 0. The normalized spacial score (nSPS) is 10.6. The minimum atomic E-state index is -0.773. The van der Waals surface area contributed by atoms with Crippen LogP contribution in [0.15, 0.2) is 12.1 Å². The van der Waals surface area contributed by atoms with Crippen molar-refractivity contribution in [3.05, 3.63) is 34.9 Å². The summed E-state index contributed by atoms with van der Waals surface area (Å²) in [6.07, 6.45) is 2.60. The van der Waals surface area contributed by atoms with Crippen molar-refractivity contribution >= 4 is 0 Å². The Labute approximate surface area is 82.9 Å². The number of benzene rings is 1. The molecule has 0 unspecified atom stereocenters. The van der Waals surface area contributed by atoms with Crippen molar-refractivity contribution < 1.29 is 8.78 Å². The van der Waals surface area contributed by atoms with Crippen molar-refractivity contribution in [2.24, 2.45) is 5.73 Å². The first kappa shape index (κ1) is 11.1. The van der Waals surface area contributed by atoms with Gasteiger partial charge in [0.2, 0.25) is 0 Å². The van der Waals surface area contributed by atoms with Gasteiger partial charge in [-0.2, -0.15) is 0 Å². The molecule has 1 nitrogen and oxygen atoms in total. The van der Waals surface area contributed by atoms with Crippen molar-refractivity contribution in [3.8, 4) is 0 Å². The van der Waals surface area contributed by atoms with Crippen LogP contribution in [0, 0.1) is 18.6 Å². The second-order valence-corrected chi connectivity index (χ2v) is 3.44. The summed E-state index contributed by atoms with van der Waals surface area (Å²) in [5.41, 5.74) is 7.03. The lowest BCUT2D eigenvalue weighted by Crippen LogP contribution is -2.00. The van der Waals surface area contributed by atoms with Crippen LogP contribution in [0.3, 0.4) is 0 Å². The second kappa shape index (κ2) is 5.05. The SMILES string of the molecule is Cc1cc(F)c(F)cc1CCCCN. The van der Waals surface area contributed by atoms with Crippen molar-refractivity contribution in [3.63, 3.8) is 0 Å². The van der Waals surface area contributed by atoms with Crippen molar-refractivity contribution in [1.82, 2.24) is 0 Å². The maximum absolute atomic E-state index is 12.9. The van der Waals surface area contributed by atoms with E-state index < -0.39 is 11.6 Å². The molecular weight excluding hydrogens is 184 g/mol. The Bertz CT molecular complexity index is 310. The van der Waals surface area contributed by atoms with E-state index in [-0.39, 0.29) is 0 Å². The fourth-order valence-corrected chi connectivity index (χ4v) is 1.42. The maximum atomic E-state index is 12.9. The summed E-state index contributed by atoms with van der Waals surface area (Å²) in [5.74, 6) is -1.54. The van der Waals surface area contributed by atoms with Gasteiger partial charge in [-0.1, -0.05) is 0 Å². The first-order valence-corrected chi connectivity index (χ1v) is 4.79. The Morgan fingerprint density at radius 1 is 1.14 bits per heavy atom. The molecule has 0 aliphatic carbocycles. The van der Waals surface area contributed by atoms with Gasteiger partial charge in [-0.3, -0.25) is 0 Å². The molecule has 1 rings (SSSR count). The number of aryl methyl sites for hydroxylation is 2. The Hall–Kier alpha value is -0.960. The van der Waals surface area contributed by atoms with E-state index in [0.717, 1.165) is 30.4 Å². The average molecular weight is 199 g/mol. The van der Waals surface area contributed by atoms with E-state index in [9.17, 15) is 8.78 Å². The molecule has 0 heterocycles. The van der Waals surface area contributed by atoms with E-state index >= 15 is 0 Å². The highest BCUT2D eigenvalue weighted by atomic mass is 19.2. The highest BCUT2D eigenvalue weighted by Gasteiger charge is 2.06. The molecule has 78 valence electrons. The lowest BCUT2D eigenvalue weighted by Gasteiger charge is -2.05. The van der Waals surface area contributed by atoms with Crippen LogP contribution in [-0.2, 0) is 6.42 Å². The van der Waals surface area contributed by atoms with Crippen LogP contribution in [0.25, 0.3) is 0 Å². The lowest BCUT2D eigenvalue weighted by molar-refractivity contribution is 0.505. The van der Waals surface area contributed by atoms with Crippen LogP contribution in [-0.4, -0.2) is 6.54 Å². The number of halogens is 2. The number of hydrogen-bond donors (Lipinski definition) is 1.